The Labute approximate surface area is 123 Å². The van der Waals surface area contributed by atoms with Crippen LogP contribution < -0.4 is 10.5 Å². The quantitative estimate of drug-likeness (QED) is 0.384. The predicted molar refractivity (Wildman–Crippen MR) is 78.2 cm³/mol. The Kier molecular flexibility index (Phi) is 4.29. The van der Waals surface area contributed by atoms with Crippen LogP contribution in [-0.2, 0) is 0 Å². The van der Waals surface area contributed by atoms with Crippen LogP contribution in [0.15, 0.2) is 52.1 Å². The van der Waals surface area contributed by atoms with Crippen LogP contribution in [0.4, 0.5) is 0 Å². The first-order valence-corrected chi connectivity index (χ1v) is 6.48. The van der Waals surface area contributed by atoms with Crippen molar-refractivity contribution >= 4 is 33.4 Å². The molecule has 0 fully saturated rings. The van der Waals surface area contributed by atoms with E-state index in [4.69, 9.17) is 27.3 Å². The fraction of sp³-hybridized carbons (Fsp3) is 0. The molecule has 98 valence electrons. The van der Waals surface area contributed by atoms with Gasteiger partial charge in [0.1, 0.15) is 11.5 Å². The normalized spacial score (nSPS) is 11.4. The van der Waals surface area contributed by atoms with E-state index in [1.807, 2.05) is 6.07 Å². The molecule has 3 N–H and O–H groups in total. The number of nitrogens with zero attached hydrogens (tertiary/aromatic N) is 1. The van der Waals surface area contributed by atoms with Gasteiger partial charge in [-0.1, -0.05) is 32.7 Å². The Morgan fingerprint density at radius 3 is 2.47 bits per heavy atom. The minimum atomic E-state index is 0.0493. The van der Waals surface area contributed by atoms with Crippen molar-refractivity contribution in [2.24, 2.45) is 10.9 Å². The van der Waals surface area contributed by atoms with Crippen molar-refractivity contribution in [1.82, 2.24) is 0 Å². The number of benzene rings is 2. The van der Waals surface area contributed by atoms with E-state index in [9.17, 15) is 0 Å². The molecule has 0 amide bonds. The zero-order valence-corrected chi connectivity index (χ0v) is 12.0. The molecule has 0 radical (unpaired) electrons. The van der Waals surface area contributed by atoms with Crippen molar-refractivity contribution in [3.63, 3.8) is 0 Å². The van der Waals surface area contributed by atoms with Gasteiger partial charge in [-0.3, -0.25) is 0 Å². The zero-order valence-electron chi connectivity index (χ0n) is 9.68. The number of hydrogen-bond donors (Lipinski definition) is 2. The minimum Gasteiger partial charge on any atom is -0.456 e. The summed E-state index contributed by atoms with van der Waals surface area (Å²) >= 11 is 9.38. The van der Waals surface area contributed by atoms with E-state index in [1.54, 1.807) is 36.4 Å². The smallest absolute Gasteiger partial charge is 0.170 e. The molecule has 19 heavy (non-hydrogen) atoms. The van der Waals surface area contributed by atoms with Crippen molar-refractivity contribution in [1.29, 1.82) is 0 Å². The highest BCUT2D eigenvalue weighted by Gasteiger charge is 2.05. The predicted octanol–water partition coefficient (Wildman–Crippen LogP) is 3.99. The topological polar surface area (TPSA) is 67.8 Å². The molecule has 2 aromatic carbocycles. The van der Waals surface area contributed by atoms with Crippen molar-refractivity contribution in [3.05, 3.63) is 57.5 Å². The van der Waals surface area contributed by atoms with Gasteiger partial charge < -0.3 is 15.7 Å². The fourth-order valence-electron chi connectivity index (χ4n) is 1.44. The van der Waals surface area contributed by atoms with Crippen LogP contribution in [0.3, 0.4) is 0 Å². The Morgan fingerprint density at radius 2 is 1.89 bits per heavy atom. The van der Waals surface area contributed by atoms with Gasteiger partial charge in [-0.25, -0.2) is 0 Å². The summed E-state index contributed by atoms with van der Waals surface area (Å²) in [4.78, 5) is 0. The first kappa shape index (κ1) is 13.7. The van der Waals surface area contributed by atoms with E-state index in [0.29, 0.717) is 22.1 Å². The first-order valence-electron chi connectivity index (χ1n) is 5.31. The number of nitrogens with two attached hydrogens (primary N) is 1. The molecule has 0 unspecified atom stereocenters. The summed E-state index contributed by atoms with van der Waals surface area (Å²) in [6.45, 7) is 0. The molecule has 0 aromatic heterocycles. The molecule has 0 heterocycles. The molecule has 0 saturated heterocycles. The van der Waals surface area contributed by atoms with Gasteiger partial charge in [-0.2, -0.15) is 0 Å². The van der Waals surface area contributed by atoms with Crippen LogP contribution in [0.1, 0.15) is 5.56 Å². The van der Waals surface area contributed by atoms with E-state index < -0.39 is 0 Å². The van der Waals surface area contributed by atoms with Crippen LogP contribution in [0.25, 0.3) is 0 Å². The number of amidine groups is 1. The van der Waals surface area contributed by atoms with Gasteiger partial charge >= 0.3 is 0 Å². The number of halogens is 2. The fourth-order valence-corrected chi connectivity index (χ4v) is 2.15. The van der Waals surface area contributed by atoms with Crippen LogP contribution in [0, 0.1) is 0 Å². The summed E-state index contributed by atoms with van der Waals surface area (Å²) in [6, 6.07) is 12.2. The number of rotatable bonds is 3. The molecule has 6 heteroatoms. The third-order valence-electron chi connectivity index (χ3n) is 2.38. The Bertz CT molecular complexity index is 615. The summed E-state index contributed by atoms with van der Waals surface area (Å²) in [5.41, 5.74) is 6.08. The van der Waals surface area contributed by atoms with Crippen molar-refractivity contribution in [2.45, 2.75) is 0 Å². The SMILES string of the molecule is N/C(=N\O)c1ccc(Oc2ccc(Br)cc2Cl)cc1. The summed E-state index contributed by atoms with van der Waals surface area (Å²) < 4.78 is 6.52. The molecule has 2 aromatic rings. The lowest BCUT2D eigenvalue weighted by Crippen LogP contribution is -2.12. The van der Waals surface area contributed by atoms with Crippen LogP contribution in [0.5, 0.6) is 11.5 Å². The molecule has 0 saturated carbocycles. The lowest BCUT2D eigenvalue weighted by atomic mass is 10.2. The van der Waals surface area contributed by atoms with Crippen molar-refractivity contribution in [3.8, 4) is 11.5 Å². The summed E-state index contributed by atoms with van der Waals surface area (Å²) in [5, 5.41) is 12.0. The van der Waals surface area contributed by atoms with E-state index in [2.05, 4.69) is 21.1 Å². The monoisotopic (exact) mass is 340 g/mol. The second kappa shape index (κ2) is 5.95. The van der Waals surface area contributed by atoms with Crippen LogP contribution in [-0.4, -0.2) is 11.0 Å². The Morgan fingerprint density at radius 1 is 1.21 bits per heavy atom. The van der Waals surface area contributed by atoms with E-state index in [-0.39, 0.29) is 5.84 Å². The molecule has 0 aliphatic rings. The average Bonchev–Trinajstić information content (AvgIpc) is 2.42. The van der Waals surface area contributed by atoms with Gasteiger partial charge in [0.15, 0.2) is 5.84 Å². The second-order valence-electron chi connectivity index (χ2n) is 3.69. The highest BCUT2D eigenvalue weighted by molar-refractivity contribution is 9.10. The van der Waals surface area contributed by atoms with Gasteiger partial charge in [0.2, 0.25) is 0 Å². The van der Waals surface area contributed by atoms with E-state index in [0.717, 1.165) is 4.47 Å². The second-order valence-corrected chi connectivity index (χ2v) is 5.01. The third kappa shape index (κ3) is 3.39. The van der Waals surface area contributed by atoms with Gasteiger partial charge in [0.25, 0.3) is 0 Å². The number of oxime groups is 1. The minimum absolute atomic E-state index is 0.0493. The van der Waals surface area contributed by atoms with Crippen LogP contribution in [0.2, 0.25) is 5.02 Å². The molecule has 0 aliphatic heterocycles. The van der Waals surface area contributed by atoms with Gasteiger partial charge in [0, 0.05) is 10.0 Å². The molecule has 0 spiro atoms. The maximum Gasteiger partial charge on any atom is 0.170 e. The molecule has 4 nitrogen and oxygen atoms in total. The maximum atomic E-state index is 8.56. The molecular formula is C13H10BrClN2O2. The summed E-state index contributed by atoms with van der Waals surface area (Å²) in [5.74, 6) is 1.22. The van der Waals surface area contributed by atoms with Crippen LogP contribution >= 0.6 is 27.5 Å². The lowest BCUT2D eigenvalue weighted by molar-refractivity contribution is 0.318. The first-order chi connectivity index (χ1) is 9.10. The Balaban J connectivity index is 2.20. The summed E-state index contributed by atoms with van der Waals surface area (Å²) in [7, 11) is 0. The number of hydrogen-bond acceptors (Lipinski definition) is 3. The van der Waals surface area contributed by atoms with Crippen molar-refractivity contribution < 1.29 is 9.94 Å². The largest absolute Gasteiger partial charge is 0.456 e. The molecular weight excluding hydrogens is 332 g/mol. The molecule has 2 rings (SSSR count). The standard InChI is InChI=1S/C13H10BrClN2O2/c14-9-3-6-12(11(15)7-9)19-10-4-1-8(2-5-10)13(16)17-18/h1-7,18H,(H2,16,17). The third-order valence-corrected chi connectivity index (χ3v) is 3.17. The average molecular weight is 342 g/mol. The Hall–Kier alpha value is -1.72. The van der Waals surface area contributed by atoms with Gasteiger partial charge in [-0.15, -0.1) is 0 Å². The highest BCUT2D eigenvalue weighted by Crippen LogP contribution is 2.31. The molecule has 0 atom stereocenters. The van der Waals surface area contributed by atoms with E-state index in [1.165, 1.54) is 0 Å². The van der Waals surface area contributed by atoms with Gasteiger partial charge in [0.05, 0.1) is 5.02 Å². The van der Waals surface area contributed by atoms with E-state index >= 15 is 0 Å². The molecule has 0 bridgehead atoms. The van der Waals surface area contributed by atoms with Crippen molar-refractivity contribution in [2.75, 3.05) is 0 Å². The summed E-state index contributed by atoms with van der Waals surface area (Å²) in [6.07, 6.45) is 0. The maximum absolute atomic E-state index is 8.56. The zero-order chi connectivity index (χ0) is 13.8. The number of ether oxygens (including phenoxy) is 1. The van der Waals surface area contributed by atoms with Gasteiger partial charge in [-0.05, 0) is 42.5 Å². The molecule has 0 aliphatic carbocycles. The highest BCUT2D eigenvalue weighted by atomic mass is 79.9. The lowest BCUT2D eigenvalue weighted by Gasteiger charge is -2.08.